The molecule has 2 heterocycles. The standard InChI is InChI=1S/C16H26N6O3/c1-20(2)15(24)12-22-11-13(18-19-22)16(25)17-8-7-14(23)21-9-5-3-4-6-10-21/h11H,3-10,12H2,1-2H3,(H,17,25). The SMILES string of the molecule is CN(C)C(=O)Cn1cc(C(=O)NCCC(=O)N2CCCCCC2)nn1. The Morgan fingerprint density at radius 2 is 1.84 bits per heavy atom. The van der Waals surface area contributed by atoms with Crippen LogP contribution in [0.2, 0.25) is 0 Å². The number of carbonyl (C=O) groups excluding carboxylic acids is 3. The lowest BCUT2D eigenvalue weighted by Gasteiger charge is -2.20. The maximum atomic E-state index is 12.2. The second-order valence-electron chi connectivity index (χ2n) is 6.39. The van der Waals surface area contributed by atoms with E-state index in [4.69, 9.17) is 0 Å². The zero-order valence-electron chi connectivity index (χ0n) is 14.9. The second-order valence-corrected chi connectivity index (χ2v) is 6.39. The lowest BCUT2D eigenvalue weighted by atomic mass is 10.2. The number of hydrogen-bond acceptors (Lipinski definition) is 5. The summed E-state index contributed by atoms with van der Waals surface area (Å²) in [6.07, 6.45) is 6.14. The molecule has 0 aromatic carbocycles. The summed E-state index contributed by atoms with van der Waals surface area (Å²) in [4.78, 5) is 39.1. The van der Waals surface area contributed by atoms with Crippen molar-refractivity contribution >= 4 is 17.7 Å². The monoisotopic (exact) mass is 350 g/mol. The van der Waals surface area contributed by atoms with E-state index in [1.54, 1.807) is 14.1 Å². The molecule has 0 bridgehead atoms. The second kappa shape index (κ2) is 9.14. The number of carbonyl (C=O) groups is 3. The minimum absolute atomic E-state index is 0.0285. The molecule has 9 nitrogen and oxygen atoms in total. The molecule has 138 valence electrons. The highest BCUT2D eigenvalue weighted by Crippen LogP contribution is 2.10. The molecule has 1 aromatic heterocycles. The summed E-state index contributed by atoms with van der Waals surface area (Å²) >= 11 is 0. The van der Waals surface area contributed by atoms with Crippen LogP contribution in [0.25, 0.3) is 0 Å². The molecule has 2 rings (SSSR count). The van der Waals surface area contributed by atoms with Crippen LogP contribution in [0.5, 0.6) is 0 Å². The van der Waals surface area contributed by atoms with Gasteiger partial charge in [0.2, 0.25) is 11.8 Å². The van der Waals surface area contributed by atoms with Crippen molar-refractivity contribution in [1.29, 1.82) is 0 Å². The van der Waals surface area contributed by atoms with Gasteiger partial charge in [-0.2, -0.15) is 0 Å². The van der Waals surface area contributed by atoms with Crippen molar-refractivity contribution in [2.75, 3.05) is 33.7 Å². The molecule has 9 heteroatoms. The van der Waals surface area contributed by atoms with E-state index in [9.17, 15) is 14.4 Å². The number of aromatic nitrogens is 3. The zero-order chi connectivity index (χ0) is 18.2. The van der Waals surface area contributed by atoms with Gasteiger partial charge in [-0.25, -0.2) is 4.68 Å². The van der Waals surface area contributed by atoms with Gasteiger partial charge in [0.05, 0.1) is 6.20 Å². The van der Waals surface area contributed by atoms with Gasteiger partial charge >= 0.3 is 0 Å². The quantitative estimate of drug-likeness (QED) is 0.771. The summed E-state index contributed by atoms with van der Waals surface area (Å²) in [5.41, 5.74) is 0.133. The third-order valence-corrected chi connectivity index (χ3v) is 4.15. The molecule has 1 saturated heterocycles. The number of likely N-dealkylation sites (N-methyl/N-ethyl adjacent to an activating group) is 1. The Bertz CT molecular complexity index is 605. The van der Waals surface area contributed by atoms with Gasteiger partial charge in [-0.15, -0.1) is 5.10 Å². The molecule has 1 aliphatic heterocycles. The summed E-state index contributed by atoms with van der Waals surface area (Å²) in [5, 5.41) is 10.2. The Morgan fingerprint density at radius 3 is 2.48 bits per heavy atom. The van der Waals surface area contributed by atoms with Crippen LogP contribution >= 0.6 is 0 Å². The first-order valence-corrected chi connectivity index (χ1v) is 8.63. The molecule has 1 N–H and O–H groups in total. The van der Waals surface area contributed by atoms with Crippen LogP contribution in [-0.4, -0.2) is 76.2 Å². The first kappa shape index (κ1) is 18.9. The Hall–Kier alpha value is -2.45. The fourth-order valence-electron chi connectivity index (χ4n) is 2.61. The molecule has 3 amide bonds. The van der Waals surface area contributed by atoms with Gasteiger partial charge in [0.25, 0.3) is 5.91 Å². The Morgan fingerprint density at radius 1 is 1.16 bits per heavy atom. The Labute approximate surface area is 147 Å². The van der Waals surface area contributed by atoms with Crippen LogP contribution < -0.4 is 5.32 Å². The van der Waals surface area contributed by atoms with Crippen molar-refractivity contribution in [3.8, 4) is 0 Å². The van der Waals surface area contributed by atoms with E-state index in [1.807, 2.05) is 4.90 Å². The fourth-order valence-corrected chi connectivity index (χ4v) is 2.61. The first-order chi connectivity index (χ1) is 12.0. The van der Waals surface area contributed by atoms with Crippen molar-refractivity contribution in [2.45, 2.75) is 38.6 Å². The van der Waals surface area contributed by atoms with E-state index in [-0.39, 0.29) is 37.0 Å². The van der Waals surface area contributed by atoms with Crippen LogP contribution in [0.1, 0.15) is 42.6 Å². The number of rotatable bonds is 6. The Balaban J connectivity index is 1.75. The van der Waals surface area contributed by atoms with E-state index in [0.717, 1.165) is 25.9 Å². The first-order valence-electron chi connectivity index (χ1n) is 8.63. The third kappa shape index (κ3) is 5.84. The molecular weight excluding hydrogens is 324 g/mol. The molecule has 0 saturated carbocycles. The highest BCUT2D eigenvalue weighted by Gasteiger charge is 2.17. The highest BCUT2D eigenvalue weighted by atomic mass is 16.2. The average molecular weight is 350 g/mol. The number of likely N-dealkylation sites (tertiary alicyclic amines) is 1. The van der Waals surface area contributed by atoms with Crippen LogP contribution in [0.3, 0.4) is 0 Å². The van der Waals surface area contributed by atoms with E-state index in [1.165, 1.54) is 28.6 Å². The smallest absolute Gasteiger partial charge is 0.273 e. The number of nitrogens with zero attached hydrogens (tertiary/aromatic N) is 5. The van der Waals surface area contributed by atoms with E-state index in [2.05, 4.69) is 15.6 Å². The van der Waals surface area contributed by atoms with Crippen molar-refractivity contribution in [3.05, 3.63) is 11.9 Å². The van der Waals surface area contributed by atoms with E-state index >= 15 is 0 Å². The molecular formula is C16H26N6O3. The number of nitrogens with one attached hydrogen (secondary N) is 1. The van der Waals surface area contributed by atoms with E-state index in [0.29, 0.717) is 0 Å². The molecule has 0 atom stereocenters. The number of amides is 3. The maximum Gasteiger partial charge on any atom is 0.273 e. The van der Waals surface area contributed by atoms with Crippen molar-refractivity contribution in [3.63, 3.8) is 0 Å². The minimum atomic E-state index is -0.396. The zero-order valence-corrected chi connectivity index (χ0v) is 14.9. The largest absolute Gasteiger partial charge is 0.350 e. The van der Waals surface area contributed by atoms with Crippen LogP contribution in [0.4, 0.5) is 0 Å². The summed E-state index contributed by atoms with van der Waals surface area (Å²) in [6, 6.07) is 0. The molecule has 1 aliphatic rings. The summed E-state index contributed by atoms with van der Waals surface area (Å²) in [6.45, 7) is 1.90. The van der Waals surface area contributed by atoms with Crippen molar-refractivity contribution in [1.82, 2.24) is 30.1 Å². The summed E-state index contributed by atoms with van der Waals surface area (Å²) < 4.78 is 1.32. The van der Waals surface area contributed by atoms with Gasteiger partial charge in [0.15, 0.2) is 5.69 Å². The lowest BCUT2D eigenvalue weighted by Crippen LogP contribution is -2.35. The predicted octanol–water partition coefficient (Wildman–Crippen LogP) is -0.111. The number of hydrogen-bond donors (Lipinski definition) is 1. The fraction of sp³-hybridized carbons (Fsp3) is 0.688. The molecule has 0 spiro atoms. The topological polar surface area (TPSA) is 100 Å². The van der Waals surface area contributed by atoms with Gasteiger partial charge in [0, 0.05) is 40.2 Å². The third-order valence-electron chi connectivity index (χ3n) is 4.15. The van der Waals surface area contributed by atoms with Gasteiger partial charge < -0.3 is 15.1 Å². The van der Waals surface area contributed by atoms with Gasteiger partial charge in [-0.3, -0.25) is 14.4 Å². The van der Waals surface area contributed by atoms with Crippen LogP contribution in [-0.2, 0) is 16.1 Å². The van der Waals surface area contributed by atoms with E-state index < -0.39 is 5.91 Å². The van der Waals surface area contributed by atoms with Crippen LogP contribution in [0, 0.1) is 0 Å². The summed E-state index contributed by atoms with van der Waals surface area (Å²) in [7, 11) is 3.29. The molecule has 1 fully saturated rings. The van der Waals surface area contributed by atoms with Gasteiger partial charge in [-0.1, -0.05) is 18.1 Å². The van der Waals surface area contributed by atoms with Crippen LogP contribution in [0.15, 0.2) is 6.20 Å². The molecule has 1 aromatic rings. The summed E-state index contributed by atoms with van der Waals surface area (Å²) in [5.74, 6) is -0.463. The van der Waals surface area contributed by atoms with Crippen molar-refractivity contribution in [2.24, 2.45) is 0 Å². The predicted molar refractivity (Wildman–Crippen MR) is 90.7 cm³/mol. The normalized spacial score (nSPS) is 14.7. The average Bonchev–Trinajstić information content (AvgIpc) is 2.87. The molecule has 0 radical (unpaired) electrons. The lowest BCUT2D eigenvalue weighted by molar-refractivity contribution is -0.131. The van der Waals surface area contributed by atoms with Gasteiger partial charge in [0.1, 0.15) is 6.54 Å². The van der Waals surface area contributed by atoms with Gasteiger partial charge in [-0.05, 0) is 12.8 Å². The molecule has 0 aliphatic carbocycles. The highest BCUT2D eigenvalue weighted by molar-refractivity contribution is 5.92. The Kier molecular flexibility index (Phi) is 6.91. The minimum Gasteiger partial charge on any atom is -0.350 e. The molecule has 25 heavy (non-hydrogen) atoms. The van der Waals surface area contributed by atoms with Crippen molar-refractivity contribution < 1.29 is 14.4 Å². The maximum absolute atomic E-state index is 12.2. The molecule has 0 unspecified atom stereocenters.